The highest BCUT2D eigenvalue weighted by Gasteiger charge is 2.38. The molecule has 0 radical (unpaired) electrons. The summed E-state index contributed by atoms with van der Waals surface area (Å²) in [5.41, 5.74) is 0.464. The Kier molecular flexibility index (Phi) is 5.13. The van der Waals surface area contributed by atoms with Gasteiger partial charge in [0.1, 0.15) is 5.60 Å². The van der Waals surface area contributed by atoms with Crippen LogP contribution in [0.25, 0.3) is 0 Å². The van der Waals surface area contributed by atoms with Gasteiger partial charge in [0.15, 0.2) is 0 Å². The van der Waals surface area contributed by atoms with E-state index in [4.69, 9.17) is 4.74 Å². The summed E-state index contributed by atoms with van der Waals surface area (Å²) in [5, 5.41) is 12.2. The summed E-state index contributed by atoms with van der Waals surface area (Å²) in [5.74, 6) is 0. The maximum atomic E-state index is 12.0. The third kappa shape index (κ3) is 4.87. The molecule has 0 saturated carbocycles. The van der Waals surface area contributed by atoms with Crippen molar-refractivity contribution >= 4 is 12.2 Å². The molecule has 1 aliphatic heterocycles. The molecule has 2 atom stereocenters. The summed E-state index contributed by atoms with van der Waals surface area (Å²) >= 11 is 0. The molecular weight excluding hydrogens is 296 g/mol. The van der Waals surface area contributed by atoms with Crippen LogP contribution in [-0.4, -0.2) is 46.4 Å². The van der Waals surface area contributed by atoms with E-state index in [1.807, 2.05) is 30.3 Å². The Balaban J connectivity index is 2.08. The second-order valence-corrected chi connectivity index (χ2v) is 6.77. The molecule has 1 aliphatic rings. The van der Waals surface area contributed by atoms with E-state index in [1.54, 1.807) is 20.8 Å². The normalized spacial score (nSPS) is 21.1. The minimum Gasteiger partial charge on any atom is -0.465 e. The number of amides is 2. The predicted octanol–water partition coefficient (Wildman–Crippen LogP) is 2.87. The molecule has 0 aliphatic carbocycles. The minimum absolute atomic E-state index is 0.249. The average Bonchev–Trinajstić information content (AvgIpc) is 2.81. The second kappa shape index (κ2) is 6.89. The summed E-state index contributed by atoms with van der Waals surface area (Å²) < 4.78 is 5.28. The van der Waals surface area contributed by atoms with Gasteiger partial charge in [-0.15, -0.1) is 0 Å². The van der Waals surface area contributed by atoms with Gasteiger partial charge in [0, 0.05) is 6.54 Å². The van der Waals surface area contributed by atoms with Crippen LogP contribution in [0, 0.1) is 0 Å². The van der Waals surface area contributed by atoms with Crippen LogP contribution in [0.15, 0.2) is 30.3 Å². The van der Waals surface area contributed by atoms with Gasteiger partial charge in [0.25, 0.3) is 0 Å². The number of carboxylic acid groups (broad SMARTS) is 1. The van der Waals surface area contributed by atoms with Crippen molar-refractivity contribution in [2.24, 2.45) is 0 Å². The van der Waals surface area contributed by atoms with E-state index in [9.17, 15) is 14.7 Å². The van der Waals surface area contributed by atoms with E-state index in [0.717, 1.165) is 5.56 Å². The highest BCUT2D eigenvalue weighted by atomic mass is 16.6. The Morgan fingerprint density at radius 1 is 1.30 bits per heavy atom. The van der Waals surface area contributed by atoms with Gasteiger partial charge < -0.3 is 20.1 Å². The first-order chi connectivity index (χ1) is 10.8. The van der Waals surface area contributed by atoms with Crippen LogP contribution in [-0.2, 0) is 11.2 Å². The summed E-state index contributed by atoms with van der Waals surface area (Å²) in [6.07, 6.45) is -0.316. The summed E-state index contributed by atoms with van der Waals surface area (Å²) in [6, 6.07) is 9.15. The number of rotatable bonds is 3. The Bertz CT molecular complexity index is 553. The van der Waals surface area contributed by atoms with E-state index in [0.29, 0.717) is 19.4 Å². The molecule has 6 nitrogen and oxygen atoms in total. The lowest BCUT2D eigenvalue weighted by atomic mass is 10.0. The van der Waals surface area contributed by atoms with Crippen molar-refractivity contribution in [3.05, 3.63) is 35.9 Å². The molecule has 1 heterocycles. The molecule has 0 spiro atoms. The molecule has 2 N–H and O–H groups in total. The van der Waals surface area contributed by atoms with Crippen LogP contribution in [0.2, 0.25) is 0 Å². The van der Waals surface area contributed by atoms with E-state index < -0.39 is 17.8 Å². The van der Waals surface area contributed by atoms with Gasteiger partial charge in [-0.25, -0.2) is 9.59 Å². The topological polar surface area (TPSA) is 78.9 Å². The molecular formula is C17H24N2O4. The maximum absolute atomic E-state index is 12.0. The van der Waals surface area contributed by atoms with Crippen molar-refractivity contribution in [1.82, 2.24) is 10.2 Å². The van der Waals surface area contributed by atoms with Gasteiger partial charge in [-0.1, -0.05) is 30.3 Å². The monoisotopic (exact) mass is 320 g/mol. The zero-order chi connectivity index (χ0) is 17.0. The quantitative estimate of drug-likeness (QED) is 0.897. The van der Waals surface area contributed by atoms with Crippen LogP contribution in [0.5, 0.6) is 0 Å². The Hall–Kier alpha value is -2.24. The number of hydrogen-bond donors (Lipinski definition) is 2. The van der Waals surface area contributed by atoms with Crippen LogP contribution in [0.1, 0.15) is 32.8 Å². The minimum atomic E-state index is -0.959. The van der Waals surface area contributed by atoms with Crippen LogP contribution >= 0.6 is 0 Å². The SMILES string of the molecule is CC(C)(C)OC(=O)N[C@@H]1CCN(C(=O)O)C1Cc1ccccc1. The molecule has 2 amide bonds. The predicted molar refractivity (Wildman–Crippen MR) is 86.4 cm³/mol. The lowest BCUT2D eigenvalue weighted by Crippen LogP contribution is -2.48. The van der Waals surface area contributed by atoms with Gasteiger partial charge in [-0.05, 0) is 39.2 Å². The third-order valence-electron chi connectivity index (χ3n) is 3.78. The molecule has 6 heteroatoms. The van der Waals surface area contributed by atoms with Gasteiger partial charge in [0.05, 0.1) is 12.1 Å². The summed E-state index contributed by atoms with van der Waals surface area (Å²) in [7, 11) is 0. The van der Waals surface area contributed by atoms with E-state index in [1.165, 1.54) is 4.90 Å². The molecule has 1 saturated heterocycles. The zero-order valence-electron chi connectivity index (χ0n) is 13.8. The lowest BCUT2D eigenvalue weighted by molar-refractivity contribution is 0.0489. The van der Waals surface area contributed by atoms with E-state index in [-0.39, 0.29) is 12.1 Å². The zero-order valence-corrected chi connectivity index (χ0v) is 13.8. The summed E-state index contributed by atoms with van der Waals surface area (Å²) in [4.78, 5) is 24.8. The molecule has 1 aromatic rings. The molecule has 23 heavy (non-hydrogen) atoms. The number of carbonyl (C=O) groups is 2. The molecule has 1 fully saturated rings. The highest BCUT2D eigenvalue weighted by molar-refractivity contribution is 5.69. The van der Waals surface area contributed by atoms with Crippen LogP contribution < -0.4 is 5.32 Å². The third-order valence-corrected chi connectivity index (χ3v) is 3.78. The summed E-state index contributed by atoms with van der Waals surface area (Å²) in [6.45, 7) is 5.80. The molecule has 0 bridgehead atoms. The van der Waals surface area contributed by atoms with Crippen LogP contribution in [0.3, 0.4) is 0 Å². The number of ether oxygens (including phenoxy) is 1. The molecule has 1 unspecified atom stereocenters. The number of benzene rings is 1. The van der Waals surface area contributed by atoms with Crippen molar-refractivity contribution in [3.8, 4) is 0 Å². The fourth-order valence-electron chi connectivity index (χ4n) is 2.83. The molecule has 1 aromatic carbocycles. The van der Waals surface area contributed by atoms with Crippen molar-refractivity contribution in [2.45, 2.75) is 51.3 Å². The van der Waals surface area contributed by atoms with E-state index >= 15 is 0 Å². The molecule has 126 valence electrons. The van der Waals surface area contributed by atoms with Gasteiger partial charge in [-0.2, -0.15) is 0 Å². The first-order valence-electron chi connectivity index (χ1n) is 7.79. The Morgan fingerprint density at radius 2 is 1.96 bits per heavy atom. The van der Waals surface area contributed by atoms with Gasteiger partial charge in [0.2, 0.25) is 0 Å². The fourth-order valence-corrected chi connectivity index (χ4v) is 2.83. The number of likely N-dealkylation sites (tertiary alicyclic amines) is 1. The van der Waals surface area contributed by atoms with Crippen molar-refractivity contribution < 1.29 is 19.4 Å². The number of carbonyl (C=O) groups excluding carboxylic acids is 1. The standard InChI is InChI=1S/C17H24N2O4/c1-17(2,3)23-15(20)18-13-9-10-19(16(21)22)14(13)11-12-7-5-4-6-8-12/h4-8,13-14H,9-11H2,1-3H3,(H,18,20)(H,21,22)/t13-,14?/m1/s1. The Morgan fingerprint density at radius 3 is 2.52 bits per heavy atom. The number of alkyl carbamates (subject to hydrolysis) is 1. The molecule has 2 rings (SSSR count). The lowest BCUT2D eigenvalue weighted by Gasteiger charge is -2.28. The van der Waals surface area contributed by atoms with Gasteiger partial charge in [-0.3, -0.25) is 0 Å². The second-order valence-electron chi connectivity index (χ2n) is 6.77. The smallest absolute Gasteiger partial charge is 0.407 e. The Labute approximate surface area is 136 Å². The number of hydrogen-bond acceptors (Lipinski definition) is 3. The number of nitrogens with one attached hydrogen (secondary N) is 1. The fraction of sp³-hybridized carbons (Fsp3) is 0.529. The van der Waals surface area contributed by atoms with E-state index in [2.05, 4.69) is 5.32 Å². The maximum Gasteiger partial charge on any atom is 0.407 e. The van der Waals surface area contributed by atoms with Crippen LogP contribution in [0.4, 0.5) is 9.59 Å². The largest absolute Gasteiger partial charge is 0.465 e. The highest BCUT2D eigenvalue weighted by Crippen LogP contribution is 2.22. The van der Waals surface area contributed by atoms with Crippen molar-refractivity contribution in [1.29, 1.82) is 0 Å². The first kappa shape index (κ1) is 17.1. The average molecular weight is 320 g/mol. The number of nitrogens with zero attached hydrogens (tertiary/aromatic N) is 1. The van der Waals surface area contributed by atoms with Crippen molar-refractivity contribution in [2.75, 3.05) is 6.54 Å². The van der Waals surface area contributed by atoms with Gasteiger partial charge >= 0.3 is 12.2 Å². The molecule has 0 aromatic heterocycles. The first-order valence-corrected chi connectivity index (χ1v) is 7.79. The van der Waals surface area contributed by atoms with Crippen molar-refractivity contribution in [3.63, 3.8) is 0 Å².